The summed E-state index contributed by atoms with van der Waals surface area (Å²) in [5.74, 6) is -0.0755. The van der Waals surface area contributed by atoms with Crippen LogP contribution in [0.15, 0.2) is 49.1 Å². The first-order valence-electron chi connectivity index (χ1n) is 7.44. The molecule has 1 amide bonds. The van der Waals surface area contributed by atoms with Crippen molar-refractivity contribution in [3.63, 3.8) is 0 Å². The Hall–Kier alpha value is -2.89. The normalized spacial score (nSPS) is 12.1. The topological polar surface area (TPSA) is 64.7 Å². The average molecular weight is 309 g/mol. The molecule has 118 valence electrons. The molecule has 6 nitrogen and oxygen atoms in total. The first kappa shape index (κ1) is 15.0. The van der Waals surface area contributed by atoms with Crippen molar-refractivity contribution >= 4 is 5.91 Å². The van der Waals surface area contributed by atoms with Gasteiger partial charge in [-0.3, -0.25) is 4.79 Å². The van der Waals surface area contributed by atoms with Gasteiger partial charge in [-0.25, -0.2) is 9.67 Å². The van der Waals surface area contributed by atoms with E-state index >= 15 is 0 Å². The molecule has 0 saturated carbocycles. The molecule has 0 spiro atoms. The highest BCUT2D eigenvalue weighted by atomic mass is 16.2. The fourth-order valence-corrected chi connectivity index (χ4v) is 2.45. The Morgan fingerprint density at radius 3 is 2.48 bits per heavy atom. The molecule has 0 aliphatic carbocycles. The highest BCUT2D eigenvalue weighted by Crippen LogP contribution is 2.16. The van der Waals surface area contributed by atoms with Crippen molar-refractivity contribution in [1.82, 2.24) is 24.6 Å². The fourth-order valence-electron chi connectivity index (χ4n) is 2.45. The van der Waals surface area contributed by atoms with E-state index in [0.29, 0.717) is 5.69 Å². The van der Waals surface area contributed by atoms with Crippen LogP contribution in [0.2, 0.25) is 0 Å². The molecule has 1 aromatic carbocycles. The largest absolute Gasteiger partial charge is 0.344 e. The summed E-state index contributed by atoms with van der Waals surface area (Å²) in [4.78, 5) is 16.3. The lowest BCUT2D eigenvalue weighted by atomic mass is 10.1. The maximum absolute atomic E-state index is 12.4. The van der Waals surface area contributed by atoms with Gasteiger partial charge in [-0.2, -0.15) is 5.10 Å². The molecule has 3 rings (SSSR count). The summed E-state index contributed by atoms with van der Waals surface area (Å²) < 4.78 is 3.58. The molecule has 2 aromatic heterocycles. The summed E-state index contributed by atoms with van der Waals surface area (Å²) in [5.41, 5.74) is 3.68. The van der Waals surface area contributed by atoms with Crippen LogP contribution in [0.5, 0.6) is 0 Å². The maximum atomic E-state index is 12.4. The van der Waals surface area contributed by atoms with Crippen LogP contribution < -0.4 is 5.32 Å². The van der Waals surface area contributed by atoms with Gasteiger partial charge in [0.05, 0.1) is 11.7 Å². The third-order valence-corrected chi connectivity index (χ3v) is 4.03. The number of rotatable bonds is 4. The Kier molecular flexibility index (Phi) is 3.97. The summed E-state index contributed by atoms with van der Waals surface area (Å²) >= 11 is 0. The van der Waals surface area contributed by atoms with Crippen molar-refractivity contribution in [3.8, 4) is 5.69 Å². The van der Waals surface area contributed by atoms with Gasteiger partial charge in [-0.05, 0) is 43.7 Å². The molecule has 2 heterocycles. The minimum Gasteiger partial charge on any atom is -0.344 e. The fraction of sp³-hybridized carbons (Fsp3) is 0.235. The van der Waals surface area contributed by atoms with Crippen molar-refractivity contribution in [2.24, 2.45) is 7.05 Å². The highest BCUT2D eigenvalue weighted by Gasteiger charge is 2.14. The van der Waals surface area contributed by atoms with Crippen LogP contribution in [-0.4, -0.2) is 25.2 Å². The van der Waals surface area contributed by atoms with E-state index < -0.39 is 0 Å². The zero-order chi connectivity index (χ0) is 16.4. The van der Waals surface area contributed by atoms with Gasteiger partial charge in [0.25, 0.3) is 5.91 Å². The molecule has 0 bridgehead atoms. The van der Waals surface area contributed by atoms with Crippen LogP contribution in [0.25, 0.3) is 5.69 Å². The van der Waals surface area contributed by atoms with Gasteiger partial charge in [0.15, 0.2) is 0 Å². The number of nitrogens with one attached hydrogen (secondary N) is 1. The molecule has 3 aromatic rings. The van der Waals surface area contributed by atoms with E-state index in [1.165, 1.54) is 6.33 Å². The van der Waals surface area contributed by atoms with Crippen molar-refractivity contribution in [1.29, 1.82) is 0 Å². The summed E-state index contributed by atoms with van der Waals surface area (Å²) in [5, 5.41) is 7.12. The quantitative estimate of drug-likeness (QED) is 0.805. The second-order valence-electron chi connectivity index (χ2n) is 5.55. The number of aromatic nitrogens is 4. The van der Waals surface area contributed by atoms with Crippen LogP contribution in [0.1, 0.15) is 34.7 Å². The number of aryl methyl sites for hydroxylation is 1. The standard InChI is InChI=1S/C17H19N5O/c1-12-4-9-16(21(12)3)17(23)20-13(2)14-5-7-15(8-6-14)22-11-18-10-19-22/h4-11,13H,1-3H3,(H,20,23)/t13-/m1/s1. The van der Waals surface area contributed by atoms with Crippen LogP contribution in [0.3, 0.4) is 0 Å². The molecule has 0 aliphatic rings. The number of amides is 1. The predicted molar refractivity (Wildman–Crippen MR) is 87.4 cm³/mol. The van der Waals surface area contributed by atoms with E-state index in [1.54, 1.807) is 11.0 Å². The Morgan fingerprint density at radius 2 is 1.91 bits per heavy atom. The zero-order valence-electron chi connectivity index (χ0n) is 13.4. The van der Waals surface area contributed by atoms with Gasteiger partial charge >= 0.3 is 0 Å². The molecule has 23 heavy (non-hydrogen) atoms. The number of nitrogens with zero attached hydrogens (tertiary/aromatic N) is 4. The van der Waals surface area contributed by atoms with Gasteiger partial charge in [0.1, 0.15) is 18.3 Å². The second-order valence-corrected chi connectivity index (χ2v) is 5.55. The molecule has 0 aliphatic heterocycles. The number of carbonyl (C=O) groups is 1. The lowest BCUT2D eigenvalue weighted by Gasteiger charge is -2.15. The molecule has 6 heteroatoms. The summed E-state index contributed by atoms with van der Waals surface area (Å²) in [7, 11) is 1.89. The third-order valence-electron chi connectivity index (χ3n) is 4.03. The summed E-state index contributed by atoms with van der Waals surface area (Å²) in [6.45, 7) is 3.95. The Balaban J connectivity index is 1.72. The number of hydrogen-bond donors (Lipinski definition) is 1. The van der Waals surface area contributed by atoms with Crippen LogP contribution in [-0.2, 0) is 7.05 Å². The van der Waals surface area contributed by atoms with Crippen molar-refractivity contribution in [2.45, 2.75) is 19.9 Å². The Morgan fingerprint density at radius 1 is 1.17 bits per heavy atom. The molecule has 0 saturated heterocycles. The third kappa shape index (κ3) is 3.01. The van der Waals surface area contributed by atoms with E-state index in [1.807, 2.05) is 61.9 Å². The molecular weight excluding hydrogens is 290 g/mol. The first-order chi connectivity index (χ1) is 11.1. The van der Waals surface area contributed by atoms with Crippen molar-refractivity contribution < 1.29 is 4.79 Å². The Bertz CT molecular complexity index is 802. The zero-order valence-corrected chi connectivity index (χ0v) is 13.4. The highest BCUT2D eigenvalue weighted by molar-refractivity contribution is 5.93. The summed E-state index contributed by atoms with van der Waals surface area (Å²) in [6.07, 6.45) is 3.15. The summed E-state index contributed by atoms with van der Waals surface area (Å²) in [6, 6.07) is 11.6. The lowest BCUT2D eigenvalue weighted by Crippen LogP contribution is -2.28. The van der Waals surface area contributed by atoms with Gasteiger partial charge in [0.2, 0.25) is 0 Å². The minimum atomic E-state index is -0.0810. The monoisotopic (exact) mass is 309 g/mol. The van der Waals surface area contributed by atoms with E-state index in [4.69, 9.17) is 0 Å². The van der Waals surface area contributed by atoms with Crippen LogP contribution in [0.4, 0.5) is 0 Å². The average Bonchev–Trinajstić information content (AvgIpc) is 3.19. The van der Waals surface area contributed by atoms with E-state index in [9.17, 15) is 4.79 Å². The predicted octanol–water partition coefficient (Wildman–Crippen LogP) is 2.41. The lowest BCUT2D eigenvalue weighted by molar-refractivity contribution is 0.0931. The van der Waals surface area contributed by atoms with Crippen molar-refractivity contribution in [2.75, 3.05) is 0 Å². The molecule has 1 N–H and O–H groups in total. The smallest absolute Gasteiger partial charge is 0.268 e. The molecule has 0 unspecified atom stereocenters. The maximum Gasteiger partial charge on any atom is 0.268 e. The molecule has 0 fully saturated rings. The van der Waals surface area contributed by atoms with E-state index in [2.05, 4.69) is 15.4 Å². The van der Waals surface area contributed by atoms with E-state index in [-0.39, 0.29) is 11.9 Å². The van der Waals surface area contributed by atoms with Crippen LogP contribution in [0, 0.1) is 6.92 Å². The van der Waals surface area contributed by atoms with Gasteiger partial charge < -0.3 is 9.88 Å². The molecule has 1 atom stereocenters. The number of benzene rings is 1. The molecular formula is C17H19N5O. The number of hydrogen-bond acceptors (Lipinski definition) is 3. The molecule has 0 radical (unpaired) electrons. The first-order valence-corrected chi connectivity index (χ1v) is 7.44. The number of carbonyl (C=O) groups excluding carboxylic acids is 1. The van der Waals surface area contributed by atoms with Gasteiger partial charge in [-0.15, -0.1) is 0 Å². The van der Waals surface area contributed by atoms with E-state index in [0.717, 1.165) is 16.9 Å². The van der Waals surface area contributed by atoms with Gasteiger partial charge in [-0.1, -0.05) is 12.1 Å². The minimum absolute atomic E-state index is 0.0755. The SMILES string of the molecule is Cc1ccc(C(=O)N[C@H](C)c2ccc(-n3cncn3)cc2)n1C. The van der Waals surface area contributed by atoms with Gasteiger partial charge in [0, 0.05) is 12.7 Å². The van der Waals surface area contributed by atoms with Crippen LogP contribution >= 0.6 is 0 Å². The second kappa shape index (κ2) is 6.08. The van der Waals surface area contributed by atoms with Crippen molar-refractivity contribution in [3.05, 3.63) is 66.0 Å². The Labute approximate surface area is 134 Å².